The highest BCUT2D eigenvalue weighted by atomic mass is 16.3. The maximum Gasteiger partial charge on any atom is 0.270 e. The van der Waals surface area contributed by atoms with Gasteiger partial charge in [0.15, 0.2) is 0 Å². The first-order valence-corrected chi connectivity index (χ1v) is 8.30. The Morgan fingerprint density at radius 3 is 2.30 bits per heavy atom. The summed E-state index contributed by atoms with van der Waals surface area (Å²) in [7, 11) is 1.90. The number of fused-ring (bicyclic) bond motifs is 2. The zero-order valence-electron chi connectivity index (χ0n) is 13.4. The summed E-state index contributed by atoms with van der Waals surface area (Å²) in [6.45, 7) is 0. The van der Waals surface area contributed by atoms with Gasteiger partial charge in [0.25, 0.3) is 5.91 Å². The Labute approximate surface area is 136 Å². The van der Waals surface area contributed by atoms with E-state index < -0.39 is 5.60 Å². The third-order valence-electron chi connectivity index (χ3n) is 5.48. The lowest BCUT2D eigenvalue weighted by atomic mass is 9.80. The molecule has 2 unspecified atom stereocenters. The number of carbonyl (C=O) groups excluding carboxylic acids is 1. The van der Waals surface area contributed by atoms with Crippen molar-refractivity contribution in [1.29, 1.82) is 0 Å². The number of aliphatic hydroxyl groups is 1. The Kier molecular flexibility index (Phi) is 3.31. The smallest absolute Gasteiger partial charge is 0.270 e. The van der Waals surface area contributed by atoms with Crippen LogP contribution in [0.15, 0.2) is 48.7 Å². The second-order valence-electron chi connectivity index (χ2n) is 6.91. The number of piperidine rings is 1. The molecule has 4 heteroatoms. The molecule has 2 fully saturated rings. The molecule has 120 valence electrons. The summed E-state index contributed by atoms with van der Waals surface area (Å²) in [6.07, 6.45) is 5.12. The molecular weight excluding hydrogens is 288 g/mol. The monoisotopic (exact) mass is 310 g/mol. The lowest BCUT2D eigenvalue weighted by Crippen LogP contribution is -2.52. The summed E-state index contributed by atoms with van der Waals surface area (Å²) >= 11 is 0. The zero-order chi connectivity index (χ0) is 16.0. The summed E-state index contributed by atoms with van der Waals surface area (Å²) in [6, 6.07) is 13.9. The van der Waals surface area contributed by atoms with Gasteiger partial charge in [0.1, 0.15) is 5.69 Å². The van der Waals surface area contributed by atoms with Crippen LogP contribution in [0.5, 0.6) is 0 Å². The average Bonchev–Trinajstić information content (AvgIpc) is 3.10. The number of rotatable bonds is 2. The predicted octanol–water partition coefficient (Wildman–Crippen LogP) is 2.68. The van der Waals surface area contributed by atoms with E-state index in [2.05, 4.69) is 0 Å². The van der Waals surface area contributed by atoms with Crippen molar-refractivity contribution in [2.75, 3.05) is 0 Å². The van der Waals surface area contributed by atoms with E-state index in [0.29, 0.717) is 12.8 Å². The number of hydrogen-bond acceptors (Lipinski definition) is 2. The van der Waals surface area contributed by atoms with E-state index in [4.69, 9.17) is 0 Å². The van der Waals surface area contributed by atoms with E-state index in [1.165, 1.54) is 0 Å². The molecule has 2 aromatic rings. The van der Waals surface area contributed by atoms with Crippen LogP contribution < -0.4 is 0 Å². The van der Waals surface area contributed by atoms with Gasteiger partial charge in [0.2, 0.25) is 0 Å². The second-order valence-corrected chi connectivity index (χ2v) is 6.91. The fraction of sp³-hybridized carbons (Fsp3) is 0.421. The van der Waals surface area contributed by atoms with Crippen molar-refractivity contribution in [3.05, 3.63) is 59.9 Å². The minimum atomic E-state index is -0.807. The lowest BCUT2D eigenvalue weighted by molar-refractivity contribution is -0.0481. The molecule has 1 N–H and O–H groups in total. The van der Waals surface area contributed by atoms with Gasteiger partial charge in [-0.1, -0.05) is 30.3 Å². The normalized spacial score (nSPS) is 29.7. The molecule has 3 heterocycles. The van der Waals surface area contributed by atoms with Gasteiger partial charge in [-0.25, -0.2) is 0 Å². The minimum absolute atomic E-state index is 0.0973. The quantitative estimate of drug-likeness (QED) is 0.927. The number of aryl methyl sites for hydroxylation is 1. The topological polar surface area (TPSA) is 45.5 Å². The van der Waals surface area contributed by atoms with Crippen molar-refractivity contribution in [3.63, 3.8) is 0 Å². The van der Waals surface area contributed by atoms with Gasteiger partial charge in [0.05, 0.1) is 5.60 Å². The van der Waals surface area contributed by atoms with E-state index in [-0.39, 0.29) is 18.0 Å². The van der Waals surface area contributed by atoms with E-state index in [0.717, 1.165) is 24.1 Å². The van der Waals surface area contributed by atoms with Crippen LogP contribution in [0.25, 0.3) is 0 Å². The molecule has 2 aliphatic heterocycles. The molecule has 0 aliphatic carbocycles. The first-order valence-electron chi connectivity index (χ1n) is 8.30. The zero-order valence-corrected chi connectivity index (χ0v) is 13.4. The first kappa shape index (κ1) is 14.5. The summed E-state index contributed by atoms with van der Waals surface area (Å²) in [5.41, 5.74) is 0.896. The maximum atomic E-state index is 12.9. The molecular formula is C19H22N2O2. The highest BCUT2D eigenvalue weighted by Crippen LogP contribution is 2.46. The summed E-state index contributed by atoms with van der Waals surface area (Å²) in [5, 5.41) is 11.2. The first-order chi connectivity index (χ1) is 11.1. The lowest BCUT2D eigenvalue weighted by Gasteiger charge is -2.44. The third kappa shape index (κ3) is 2.29. The molecule has 1 aromatic carbocycles. The van der Waals surface area contributed by atoms with Crippen LogP contribution in [0.3, 0.4) is 0 Å². The summed E-state index contributed by atoms with van der Waals surface area (Å²) in [5.74, 6) is 0.0973. The number of carbonyl (C=O) groups is 1. The molecule has 0 spiro atoms. The van der Waals surface area contributed by atoms with Crippen molar-refractivity contribution >= 4 is 5.91 Å². The average molecular weight is 310 g/mol. The van der Waals surface area contributed by atoms with Crippen molar-refractivity contribution < 1.29 is 9.90 Å². The number of aromatic nitrogens is 1. The van der Waals surface area contributed by atoms with E-state index >= 15 is 0 Å². The largest absolute Gasteiger partial charge is 0.385 e. The number of nitrogens with zero attached hydrogens (tertiary/aromatic N) is 2. The van der Waals surface area contributed by atoms with Gasteiger partial charge < -0.3 is 14.6 Å². The van der Waals surface area contributed by atoms with Crippen LogP contribution in [0.2, 0.25) is 0 Å². The minimum Gasteiger partial charge on any atom is -0.385 e. The van der Waals surface area contributed by atoms with Crippen LogP contribution in [0.1, 0.15) is 41.7 Å². The van der Waals surface area contributed by atoms with Gasteiger partial charge in [-0.05, 0) is 30.5 Å². The van der Waals surface area contributed by atoms with E-state index in [9.17, 15) is 9.90 Å². The maximum absolute atomic E-state index is 12.9. The SMILES string of the molecule is Cn1cccc1C(=O)N1C2CCC1CC(O)(c1ccccc1)C2. The van der Waals surface area contributed by atoms with Crippen LogP contribution >= 0.6 is 0 Å². The number of benzene rings is 1. The Hall–Kier alpha value is -2.07. The van der Waals surface area contributed by atoms with Crippen LogP contribution in [0, 0.1) is 0 Å². The highest BCUT2D eigenvalue weighted by molar-refractivity contribution is 5.93. The molecule has 2 aliphatic rings. The van der Waals surface area contributed by atoms with Crippen molar-refractivity contribution in [2.45, 2.75) is 43.4 Å². The molecule has 2 saturated heterocycles. The fourth-order valence-electron chi connectivity index (χ4n) is 4.36. The molecule has 4 nitrogen and oxygen atoms in total. The molecule has 1 aromatic heterocycles. The molecule has 4 rings (SSSR count). The standard InChI is InChI=1S/C19H22N2O2/c1-20-11-5-8-17(20)18(22)21-15-9-10-16(21)13-19(23,12-15)14-6-3-2-4-7-14/h2-8,11,15-16,23H,9-10,12-13H2,1H3. The summed E-state index contributed by atoms with van der Waals surface area (Å²) in [4.78, 5) is 14.9. The third-order valence-corrected chi connectivity index (χ3v) is 5.48. The Bertz CT molecular complexity index is 708. The van der Waals surface area contributed by atoms with Crippen LogP contribution in [-0.4, -0.2) is 32.6 Å². The van der Waals surface area contributed by atoms with E-state index in [1.807, 2.05) is 65.2 Å². The van der Waals surface area contributed by atoms with Gasteiger partial charge in [-0.15, -0.1) is 0 Å². The Morgan fingerprint density at radius 2 is 1.74 bits per heavy atom. The second kappa shape index (κ2) is 5.24. The van der Waals surface area contributed by atoms with Crippen molar-refractivity contribution in [2.24, 2.45) is 7.05 Å². The van der Waals surface area contributed by atoms with Gasteiger partial charge in [0, 0.05) is 38.2 Å². The number of hydrogen-bond donors (Lipinski definition) is 1. The van der Waals surface area contributed by atoms with Crippen LogP contribution in [-0.2, 0) is 12.6 Å². The molecule has 2 atom stereocenters. The predicted molar refractivity (Wildman–Crippen MR) is 88.0 cm³/mol. The molecule has 0 radical (unpaired) electrons. The van der Waals surface area contributed by atoms with Gasteiger partial charge >= 0.3 is 0 Å². The summed E-state index contributed by atoms with van der Waals surface area (Å²) < 4.78 is 1.87. The van der Waals surface area contributed by atoms with Gasteiger partial charge in [-0.3, -0.25) is 4.79 Å². The van der Waals surface area contributed by atoms with Crippen molar-refractivity contribution in [3.8, 4) is 0 Å². The van der Waals surface area contributed by atoms with E-state index in [1.54, 1.807) is 0 Å². The molecule has 2 bridgehead atoms. The Balaban J connectivity index is 1.62. The fourth-order valence-corrected chi connectivity index (χ4v) is 4.36. The molecule has 23 heavy (non-hydrogen) atoms. The van der Waals surface area contributed by atoms with Crippen LogP contribution in [0.4, 0.5) is 0 Å². The highest BCUT2D eigenvalue weighted by Gasteiger charge is 2.50. The molecule has 0 saturated carbocycles. The van der Waals surface area contributed by atoms with Gasteiger partial charge in [-0.2, -0.15) is 0 Å². The molecule has 1 amide bonds. The number of amides is 1. The Morgan fingerprint density at radius 1 is 1.09 bits per heavy atom. The van der Waals surface area contributed by atoms with Crippen molar-refractivity contribution in [1.82, 2.24) is 9.47 Å².